The van der Waals surface area contributed by atoms with E-state index in [9.17, 15) is 0 Å². The van der Waals surface area contributed by atoms with Crippen molar-refractivity contribution in [3.05, 3.63) is 210 Å². The zero-order valence-electron chi connectivity index (χ0n) is 29.5. The largest absolute Gasteiger partial charge is 0.310 e. The Labute approximate surface area is 306 Å². The predicted octanol–water partition coefficient (Wildman–Crippen LogP) is 14.1. The van der Waals surface area contributed by atoms with Crippen LogP contribution in [0.4, 0.5) is 17.1 Å². The highest BCUT2D eigenvalue weighted by Crippen LogP contribution is 2.51. The van der Waals surface area contributed by atoms with Gasteiger partial charge in [0.15, 0.2) is 0 Å². The summed E-state index contributed by atoms with van der Waals surface area (Å²) in [4.78, 5) is 2.35. The number of fused-ring (bicyclic) bond motifs is 4. The van der Waals surface area contributed by atoms with Crippen LogP contribution in [-0.4, -0.2) is 0 Å². The van der Waals surface area contributed by atoms with Crippen LogP contribution in [0.5, 0.6) is 0 Å². The third-order valence-electron chi connectivity index (χ3n) is 10.6. The van der Waals surface area contributed by atoms with E-state index in [0.717, 1.165) is 17.1 Å². The van der Waals surface area contributed by atoms with Crippen molar-refractivity contribution in [3.8, 4) is 33.4 Å². The molecule has 248 valence electrons. The standard InChI is InChI=1S/C51H39N/c1-51(2)49-32-36(23-30-46(49)47-31-29-45(35-50(47)51)52(43-18-8-4-9-19-43)44-20-10-5-11-21-44)22-24-42-33-40-16-12-13-17-41(40)34-48(42)39-27-25-38(26-28-39)37-14-6-3-7-15-37/h3-35H,1-2H3. The smallest absolute Gasteiger partial charge is 0.0465 e. The fourth-order valence-electron chi connectivity index (χ4n) is 7.89. The molecule has 0 atom stereocenters. The van der Waals surface area contributed by atoms with E-state index in [1.807, 2.05) is 0 Å². The van der Waals surface area contributed by atoms with Gasteiger partial charge >= 0.3 is 0 Å². The van der Waals surface area contributed by atoms with Crippen molar-refractivity contribution < 1.29 is 0 Å². The lowest BCUT2D eigenvalue weighted by molar-refractivity contribution is 0.660. The Bertz CT molecular complexity index is 2520. The van der Waals surface area contributed by atoms with Crippen LogP contribution >= 0.6 is 0 Å². The molecule has 8 aromatic rings. The first-order chi connectivity index (χ1) is 25.5. The molecule has 0 saturated carbocycles. The molecule has 0 radical (unpaired) electrons. The molecule has 0 saturated heterocycles. The number of rotatable bonds is 7. The Morgan fingerprint density at radius 3 is 1.56 bits per heavy atom. The molecule has 1 nitrogen and oxygen atoms in total. The fraction of sp³-hybridized carbons (Fsp3) is 0.0588. The van der Waals surface area contributed by atoms with E-state index in [-0.39, 0.29) is 5.41 Å². The number of nitrogens with zero attached hydrogens (tertiary/aromatic N) is 1. The van der Waals surface area contributed by atoms with Crippen molar-refractivity contribution in [2.24, 2.45) is 0 Å². The Morgan fingerprint density at radius 1 is 0.385 bits per heavy atom. The molecule has 1 aliphatic carbocycles. The number of hydrogen-bond acceptors (Lipinski definition) is 1. The maximum Gasteiger partial charge on any atom is 0.0465 e. The van der Waals surface area contributed by atoms with Crippen molar-refractivity contribution in [2.45, 2.75) is 19.3 Å². The van der Waals surface area contributed by atoms with E-state index in [0.29, 0.717) is 0 Å². The van der Waals surface area contributed by atoms with Crippen LogP contribution in [0.2, 0.25) is 0 Å². The molecule has 0 spiro atoms. The van der Waals surface area contributed by atoms with Gasteiger partial charge in [0.2, 0.25) is 0 Å². The van der Waals surface area contributed by atoms with Crippen LogP contribution < -0.4 is 4.90 Å². The Morgan fingerprint density at radius 2 is 0.904 bits per heavy atom. The van der Waals surface area contributed by atoms with Crippen molar-refractivity contribution in [2.75, 3.05) is 4.90 Å². The maximum atomic E-state index is 2.40. The summed E-state index contributed by atoms with van der Waals surface area (Å²) in [7, 11) is 0. The van der Waals surface area contributed by atoms with Crippen molar-refractivity contribution >= 4 is 40.0 Å². The number of para-hydroxylation sites is 2. The van der Waals surface area contributed by atoms with Gasteiger partial charge in [0.05, 0.1) is 0 Å². The lowest BCUT2D eigenvalue weighted by Crippen LogP contribution is -2.16. The first-order valence-corrected chi connectivity index (χ1v) is 18.1. The minimum atomic E-state index is -0.155. The summed E-state index contributed by atoms with van der Waals surface area (Å²) >= 11 is 0. The van der Waals surface area contributed by atoms with Gasteiger partial charge in [-0.2, -0.15) is 0 Å². The van der Waals surface area contributed by atoms with Gasteiger partial charge in [0, 0.05) is 22.5 Å². The summed E-state index contributed by atoms with van der Waals surface area (Å²) in [5, 5.41) is 2.49. The second-order valence-corrected chi connectivity index (χ2v) is 14.2. The van der Waals surface area contributed by atoms with E-state index in [2.05, 4.69) is 219 Å². The predicted molar refractivity (Wildman–Crippen MR) is 222 cm³/mol. The number of anilines is 3. The molecule has 8 aromatic carbocycles. The summed E-state index contributed by atoms with van der Waals surface area (Å²) < 4.78 is 0. The molecule has 1 aliphatic rings. The fourth-order valence-corrected chi connectivity index (χ4v) is 7.89. The Hall–Kier alpha value is -6.44. The van der Waals surface area contributed by atoms with Crippen LogP contribution in [0.1, 0.15) is 36.1 Å². The van der Waals surface area contributed by atoms with Crippen molar-refractivity contribution in [1.82, 2.24) is 0 Å². The molecule has 0 aromatic heterocycles. The number of hydrogen-bond donors (Lipinski definition) is 0. The molecular formula is C51H39N. The minimum absolute atomic E-state index is 0.155. The molecule has 52 heavy (non-hydrogen) atoms. The first-order valence-electron chi connectivity index (χ1n) is 18.1. The summed E-state index contributed by atoms with van der Waals surface area (Å²) in [5.41, 5.74) is 16.0. The highest BCUT2D eigenvalue weighted by molar-refractivity contribution is 5.94. The summed E-state index contributed by atoms with van der Waals surface area (Å²) in [6, 6.07) is 68.1. The average Bonchev–Trinajstić information content (AvgIpc) is 3.43. The molecule has 0 amide bonds. The monoisotopic (exact) mass is 665 g/mol. The van der Waals surface area contributed by atoms with Gasteiger partial charge in [-0.05, 0) is 115 Å². The van der Waals surface area contributed by atoms with Crippen LogP contribution in [0.25, 0.3) is 56.3 Å². The van der Waals surface area contributed by atoms with Crippen LogP contribution in [0.3, 0.4) is 0 Å². The Balaban J connectivity index is 1.07. The van der Waals surface area contributed by atoms with Gasteiger partial charge in [-0.1, -0.05) is 166 Å². The highest BCUT2D eigenvalue weighted by Gasteiger charge is 2.36. The second-order valence-electron chi connectivity index (χ2n) is 14.2. The average molecular weight is 666 g/mol. The van der Waals surface area contributed by atoms with Crippen molar-refractivity contribution in [1.29, 1.82) is 0 Å². The van der Waals surface area contributed by atoms with Crippen LogP contribution in [0, 0.1) is 0 Å². The van der Waals surface area contributed by atoms with Gasteiger partial charge in [0.1, 0.15) is 0 Å². The van der Waals surface area contributed by atoms with E-state index < -0.39 is 0 Å². The first kappa shape index (κ1) is 31.5. The lowest BCUT2D eigenvalue weighted by atomic mass is 9.81. The quantitative estimate of drug-likeness (QED) is 0.153. The molecule has 0 N–H and O–H groups in total. The molecule has 0 aliphatic heterocycles. The van der Waals surface area contributed by atoms with E-state index in [4.69, 9.17) is 0 Å². The third-order valence-corrected chi connectivity index (χ3v) is 10.6. The van der Waals surface area contributed by atoms with Gasteiger partial charge in [-0.25, -0.2) is 0 Å². The molecule has 0 heterocycles. The van der Waals surface area contributed by atoms with Crippen LogP contribution in [-0.2, 0) is 5.41 Å². The molecule has 1 heteroatoms. The summed E-state index contributed by atoms with van der Waals surface area (Å²) in [6.45, 7) is 4.73. The van der Waals surface area contributed by atoms with Crippen LogP contribution in [0.15, 0.2) is 188 Å². The summed E-state index contributed by atoms with van der Waals surface area (Å²) in [6.07, 6.45) is 4.57. The highest BCUT2D eigenvalue weighted by atomic mass is 15.1. The van der Waals surface area contributed by atoms with Gasteiger partial charge in [-0.3, -0.25) is 0 Å². The third kappa shape index (κ3) is 5.71. The molecule has 0 bridgehead atoms. The molecule has 9 rings (SSSR count). The second kappa shape index (κ2) is 13.0. The summed E-state index contributed by atoms with van der Waals surface area (Å²) in [5.74, 6) is 0. The number of benzene rings is 8. The topological polar surface area (TPSA) is 3.24 Å². The lowest BCUT2D eigenvalue weighted by Gasteiger charge is -2.28. The zero-order valence-corrected chi connectivity index (χ0v) is 29.5. The maximum absolute atomic E-state index is 2.40. The van der Waals surface area contributed by atoms with E-state index in [1.54, 1.807) is 0 Å². The molecule has 0 fully saturated rings. The van der Waals surface area contributed by atoms with Gasteiger partial charge in [0.25, 0.3) is 0 Å². The normalized spacial score (nSPS) is 12.9. The van der Waals surface area contributed by atoms with E-state index in [1.165, 1.54) is 66.4 Å². The van der Waals surface area contributed by atoms with Gasteiger partial charge in [-0.15, -0.1) is 0 Å². The molecular weight excluding hydrogens is 627 g/mol. The SMILES string of the molecule is CC1(C)c2cc(C=Cc3cc4ccccc4cc3-c3ccc(-c4ccccc4)cc3)ccc2-c2ccc(N(c3ccccc3)c3ccccc3)cc21. The van der Waals surface area contributed by atoms with Crippen molar-refractivity contribution in [3.63, 3.8) is 0 Å². The zero-order chi connectivity index (χ0) is 35.1. The minimum Gasteiger partial charge on any atom is -0.310 e. The molecule has 0 unspecified atom stereocenters. The Kier molecular flexibility index (Phi) is 7.90. The van der Waals surface area contributed by atoms with E-state index >= 15 is 0 Å². The van der Waals surface area contributed by atoms with Gasteiger partial charge < -0.3 is 4.90 Å².